The second kappa shape index (κ2) is 6.54. The lowest BCUT2D eigenvalue weighted by Gasteiger charge is -2.20. The van der Waals surface area contributed by atoms with E-state index in [0.29, 0.717) is 0 Å². The molecule has 1 aliphatic rings. The number of nitrogens with one attached hydrogen (secondary N) is 1. The van der Waals surface area contributed by atoms with Gasteiger partial charge in [-0.3, -0.25) is 0 Å². The van der Waals surface area contributed by atoms with Crippen molar-refractivity contribution >= 4 is 0 Å². The van der Waals surface area contributed by atoms with E-state index >= 15 is 0 Å². The molecule has 2 heterocycles. The second-order valence-corrected chi connectivity index (χ2v) is 6.37. The monoisotopic (exact) mass is 315 g/mol. The van der Waals surface area contributed by atoms with E-state index in [-0.39, 0.29) is 0 Å². The van der Waals surface area contributed by atoms with E-state index in [1.807, 2.05) is 6.07 Å². The Hall–Kier alpha value is -2.52. The predicted molar refractivity (Wildman–Crippen MR) is 96.9 cm³/mol. The summed E-state index contributed by atoms with van der Waals surface area (Å²) in [6.07, 6.45) is 1.75. The van der Waals surface area contributed by atoms with Gasteiger partial charge in [0.05, 0.1) is 11.4 Å². The van der Waals surface area contributed by atoms with E-state index in [4.69, 9.17) is 9.97 Å². The summed E-state index contributed by atoms with van der Waals surface area (Å²) >= 11 is 0. The van der Waals surface area contributed by atoms with Gasteiger partial charge in [0, 0.05) is 37.1 Å². The summed E-state index contributed by atoms with van der Waals surface area (Å²) in [5.41, 5.74) is 7.23. The summed E-state index contributed by atoms with van der Waals surface area (Å²) in [5, 5.41) is 3.45. The van der Waals surface area contributed by atoms with Crippen molar-refractivity contribution in [2.24, 2.45) is 0 Å². The highest BCUT2D eigenvalue weighted by atomic mass is 14.9. The summed E-state index contributed by atoms with van der Waals surface area (Å²) in [6, 6.07) is 19.1. The summed E-state index contributed by atoms with van der Waals surface area (Å²) < 4.78 is 0. The van der Waals surface area contributed by atoms with Gasteiger partial charge in [-0.05, 0) is 12.5 Å². The molecule has 0 amide bonds. The Morgan fingerprint density at radius 1 is 0.958 bits per heavy atom. The molecule has 0 bridgehead atoms. The fraction of sp³-hybridized carbons (Fsp3) is 0.238. The van der Waals surface area contributed by atoms with E-state index in [1.165, 1.54) is 27.9 Å². The van der Waals surface area contributed by atoms with Crippen molar-refractivity contribution in [2.45, 2.75) is 26.3 Å². The highest BCUT2D eigenvalue weighted by Gasteiger charge is 2.18. The van der Waals surface area contributed by atoms with Gasteiger partial charge >= 0.3 is 0 Å². The third-order valence-electron chi connectivity index (χ3n) is 4.51. The first-order valence-corrected chi connectivity index (χ1v) is 8.50. The zero-order chi connectivity index (χ0) is 16.4. The summed E-state index contributed by atoms with van der Waals surface area (Å²) in [6.45, 7) is 3.95. The van der Waals surface area contributed by atoms with E-state index in [0.717, 1.165) is 37.4 Å². The number of fused-ring (bicyclic) bond motifs is 1. The quantitative estimate of drug-likeness (QED) is 0.801. The van der Waals surface area contributed by atoms with Gasteiger partial charge in [0.15, 0.2) is 0 Å². The van der Waals surface area contributed by atoms with Gasteiger partial charge in [0.2, 0.25) is 0 Å². The molecule has 24 heavy (non-hydrogen) atoms. The van der Waals surface area contributed by atoms with Gasteiger partial charge in [0.1, 0.15) is 5.82 Å². The van der Waals surface area contributed by atoms with Crippen LogP contribution in [0.1, 0.15) is 28.2 Å². The van der Waals surface area contributed by atoms with Crippen LogP contribution in [-0.2, 0) is 19.4 Å². The molecule has 1 aromatic heterocycles. The molecule has 1 N–H and O–H groups in total. The van der Waals surface area contributed by atoms with Gasteiger partial charge in [-0.1, -0.05) is 60.2 Å². The van der Waals surface area contributed by atoms with Gasteiger partial charge < -0.3 is 5.32 Å². The second-order valence-electron chi connectivity index (χ2n) is 6.37. The van der Waals surface area contributed by atoms with Crippen LogP contribution >= 0.6 is 0 Å². The molecule has 0 aliphatic carbocycles. The Balaban J connectivity index is 1.79. The maximum absolute atomic E-state index is 4.93. The minimum absolute atomic E-state index is 0.778. The SMILES string of the molecule is Cc1ccc(-c2nc(Cc3ccccc3)nc3c2CNCC3)cc1. The summed E-state index contributed by atoms with van der Waals surface area (Å²) in [4.78, 5) is 9.79. The number of hydrogen-bond donors (Lipinski definition) is 1. The van der Waals surface area contributed by atoms with Crippen molar-refractivity contribution in [3.8, 4) is 11.3 Å². The van der Waals surface area contributed by atoms with Crippen molar-refractivity contribution in [3.05, 3.63) is 82.8 Å². The van der Waals surface area contributed by atoms with Crippen molar-refractivity contribution in [1.82, 2.24) is 15.3 Å². The molecule has 0 saturated carbocycles. The number of rotatable bonds is 3. The zero-order valence-corrected chi connectivity index (χ0v) is 13.9. The molecule has 0 saturated heterocycles. The van der Waals surface area contributed by atoms with Gasteiger partial charge in [-0.2, -0.15) is 0 Å². The van der Waals surface area contributed by atoms with Gasteiger partial charge in [0.25, 0.3) is 0 Å². The van der Waals surface area contributed by atoms with Crippen LogP contribution in [-0.4, -0.2) is 16.5 Å². The van der Waals surface area contributed by atoms with Crippen LogP contribution in [0, 0.1) is 6.92 Å². The molecular weight excluding hydrogens is 294 g/mol. The predicted octanol–water partition coefficient (Wildman–Crippen LogP) is 3.69. The molecule has 4 rings (SSSR count). The number of aromatic nitrogens is 2. The molecule has 0 fully saturated rings. The Bertz CT molecular complexity index is 839. The number of hydrogen-bond acceptors (Lipinski definition) is 3. The highest BCUT2D eigenvalue weighted by Crippen LogP contribution is 2.26. The van der Waals surface area contributed by atoms with Crippen molar-refractivity contribution in [1.29, 1.82) is 0 Å². The molecule has 2 aromatic carbocycles. The third-order valence-corrected chi connectivity index (χ3v) is 4.51. The molecule has 1 aliphatic heterocycles. The van der Waals surface area contributed by atoms with Crippen LogP contribution in [0.4, 0.5) is 0 Å². The van der Waals surface area contributed by atoms with Crippen LogP contribution in [0.25, 0.3) is 11.3 Å². The Morgan fingerprint density at radius 2 is 1.75 bits per heavy atom. The Morgan fingerprint density at radius 3 is 2.54 bits per heavy atom. The molecule has 3 heteroatoms. The minimum atomic E-state index is 0.778. The fourth-order valence-electron chi connectivity index (χ4n) is 3.20. The van der Waals surface area contributed by atoms with Crippen molar-refractivity contribution < 1.29 is 0 Å². The number of benzene rings is 2. The van der Waals surface area contributed by atoms with Gasteiger partial charge in [-0.25, -0.2) is 9.97 Å². The summed E-state index contributed by atoms with van der Waals surface area (Å²) in [7, 11) is 0. The topological polar surface area (TPSA) is 37.8 Å². The van der Waals surface area contributed by atoms with E-state index in [1.54, 1.807) is 0 Å². The van der Waals surface area contributed by atoms with Crippen LogP contribution < -0.4 is 5.32 Å². The van der Waals surface area contributed by atoms with E-state index < -0.39 is 0 Å². The molecule has 0 unspecified atom stereocenters. The first-order chi connectivity index (χ1) is 11.8. The fourth-order valence-corrected chi connectivity index (χ4v) is 3.20. The summed E-state index contributed by atoms with van der Waals surface area (Å²) in [5.74, 6) is 0.914. The molecule has 0 spiro atoms. The lowest BCUT2D eigenvalue weighted by atomic mass is 9.99. The lowest BCUT2D eigenvalue weighted by molar-refractivity contribution is 0.623. The average Bonchev–Trinajstić information content (AvgIpc) is 2.63. The van der Waals surface area contributed by atoms with Crippen LogP contribution in [0.2, 0.25) is 0 Å². The minimum Gasteiger partial charge on any atom is -0.312 e. The highest BCUT2D eigenvalue weighted by molar-refractivity contribution is 5.64. The molecule has 3 nitrogen and oxygen atoms in total. The molecule has 3 aromatic rings. The maximum Gasteiger partial charge on any atom is 0.133 e. The molecule has 120 valence electrons. The van der Waals surface area contributed by atoms with Crippen molar-refractivity contribution in [2.75, 3.05) is 6.54 Å². The molecule has 0 radical (unpaired) electrons. The number of nitrogens with zero attached hydrogens (tertiary/aromatic N) is 2. The first-order valence-electron chi connectivity index (χ1n) is 8.50. The van der Waals surface area contributed by atoms with Crippen LogP contribution in [0.15, 0.2) is 54.6 Å². The normalized spacial score (nSPS) is 13.5. The smallest absolute Gasteiger partial charge is 0.133 e. The Kier molecular flexibility index (Phi) is 4.09. The van der Waals surface area contributed by atoms with Crippen LogP contribution in [0.5, 0.6) is 0 Å². The third kappa shape index (κ3) is 3.08. The number of aryl methyl sites for hydroxylation is 1. The lowest BCUT2D eigenvalue weighted by Crippen LogP contribution is -2.26. The Labute approximate surface area is 142 Å². The van der Waals surface area contributed by atoms with E-state index in [9.17, 15) is 0 Å². The van der Waals surface area contributed by atoms with Crippen molar-refractivity contribution in [3.63, 3.8) is 0 Å². The molecule has 0 atom stereocenters. The largest absolute Gasteiger partial charge is 0.312 e. The zero-order valence-electron chi connectivity index (χ0n) is 13.9. The molecular formula is C21H21N3. The average molecular weight is 315 g/mol. The maximum atomic E-state index is 4.93. The standard InChI is InChI=1S/C21H21N3/c1-15-7-9-17(10-8-15)21-18-14-22-12-11-19(18)23-20(24-21)13-16-5-3-2-4-6-16/h2-10,22H,11-14H2,1H3. The first kappa shape index (κ1) is 15.0. The van der Waals surface area contributed by atoms with Gasteiger partial charge in [-0.15, -0.1) is 0 Å². The van der Waals surface area contributed by atoms with Crippen LogP contribution in [0.3, 0.4) is 0 Å². The van der Waals surface area contributed by atoms with E-state index in [2.05, 4.69) is 60.8 Å².